The Morgan fingerprint density at radius 1 is 1.43 bits per heavy atom. The molecule has 4 heteroatoms. The number of Topliss-reactive ketones (excluding diaryl/α,β-unsaturated/α-hetero) is 1. The number of carbonyl (C=O) groups excluding carboxylic acids is 1. The van der Waals surface area contributed by atoms with E-state index < -0.39 is 24.4 Å². The molecular weight excluding hydrogens is 193 g/mol. The van der Waals surface area contributed by atoms with E-state index in [9.17, 15) is 18.0 Å². The van der Waals surface area contributed by atoms with Gasteiger partial charge < -0.3 is 0 Å². The molecule has 0 bridgehead atoms. The molecule has 0 heterocycles. The van der Waals surface area contributed by atoms with Crippen molar-refractivity contribution in [1.82, 2.24) is 0 Å². The van der Waals surface area contributed by atoms with Crippen LogP contribution in [-0.2, 0) is 6.67 Å². The topological polar surface area (TPSA) is 17.1 Å². The summed E-state index contributed by atoms with van der Waals surface area (Å²) in [6, 6.07) is 3.81. The van der Waals surface area contributed by atoms with Gasteiger partial charge in [-0.3, -0.25) is 4.79 Å². The number of hydrogen-bond donors (Lipinski definition) is 0. The van der Waals surface area contributed by atoms with Gasteiger partial charge in [0.15, 0.2) is 5.78 Å². The second kappa shape index (κ2) is 4.26. The van der Waals surface area contributed by atoms with Crippen LogP contribution in [0.4, 0.5) is 13.2 Å². The molecular formula is C10H9F3O. The molecule has 0 atom stereocenters. The molecule has 0 aliphatic heterocycles. The molecule has 0 unspecified atom stereocenters. The summed E-state index contributed by atoms with van der Waals surface area (Å²) in [6.07, 6.45) is -2.75. The van der Waals surface area contributed by atoms with Crippen LogP contribution in [0, 0.1) is 0 Å². The Morgan fingerprint density at radius 2 is 2.07 bits per heavy atom. The Bertz CT molecular complexity index is 347. The number of hydrogen-bond acceptors (Lipinski definition) is 1. The highest BCUT2D eigenvalue weighted by Crippen LogP contribution is 2.26. The maximum atomic E-state index is 12.5. The van der Waals surface area contributed by atoms with Crippen molar-refractivity contribution in [2.24, 2.45) is 0 Å². The fraction of sp³-hybridized carbons (Fsp3) is 0.300. The summed E-state index contributed by atoms with van der Waals surface area (Å²) in [7, 11) is 0. The summed E-state index contributed by atoms with van der Waals surface area (Å²) >= 11 is 0. The highest BCUT2D eigenvalue weighted by molar-refractivity contribution is 5.95. The monoisotopic (exact) mass is 202 g/mol. The van der Waals surface area contributed by atoms with Gasteiger partial charge in [-0.05, 0) is 6.92 Å². The zero-order chi connectivity index (χ0) is 10.7. The minimum Gasteiger partial charge on any atom is -0.294 e. The quantitative estimate of drug-likeness (QED) is 0.687. The molecule has 1 nitrogen and oxygen atoms in total. The predicted octanol–water partition coefficient (Wildman–Crippen LogP) is 3.30. The van der Waals surface area contributed by atoms with Crippen molar-refractivity contribution < 1.29 is 18.0 Å². The van der Waals surface area contributed by atoms with Crippen molar-refractivity contribution in [1.29, 1.82) is 0 Å². The third-order valence-electron chi connectivity index (χ3n) is 1.96. The third-order valence-corrected chi connectivity index (χ3v) is 1.96. The van der Waals surface area contributed by atoms with Crippen LogP contribution >= 0.6 is 0 Å². The minimum atomic E-state index is -2.75. The Hall–Kier alpha value is -1.32. The number of ketones is 1. The molecule has 0 aliphatic carbocycles. The molecule has 0 saturated carbocycles. The summed E-state index contributed by atoms with van der Waals surface area (Å²) in [5.74, 6) is -0.403. The molecule has 0 aromatic heterocycles. The van der Waals surface area contributed by atoms with Crippen LogP contribution in [-0.4, -0.2) is 5.78 Å². The first-order chi connectivity index (χ1) is 6.57. The van der Waals surface area contributed by atoms with Gasteiger partial charge in [-0.2, -0.15) is 0 Å². The summed E-state index contributed by atoms with van der Waals surface area (Å²) < 4.78 is 37.2. The highest BCUT2D eigenvalue weighted by atomic mass is 19.3. The molecule has 0 amide bonds. The fourth-order valence-corrected chi connectivity index (χ4v) is 1.29. The number of carbonyl (C=O) groups is 1. The molecule has 0 N–H and O–H groups in total. The molecule has 0 spiro atoms. The average Bonchev–Trinajstić information content (AvgIpc) is 2.16. The maximum Gasteiger partial charge on any atom is 0.264 e. The Labute approximate surface area is 79.5 Å². The zero-order valence-electron chi connectivity index (χ0n) is 7.56. The minimum absolute atomic E-state index is 0.0327. The van der Waals surface area contributed by atoms with Gasteiger partial charge in [0, 0.05) is 16.7 Å². The van der Waals surface area contributed by atoms with Gasteiger partial charge in [0.2, 0.25) is 0 Å². The molecule has 1 rings (SSSR count). The maximum absolute atomic E-state index is 12.5. The SMILES string of the molecule is CC(=O)c1cccc(C(F)F)c1CF. The molecule has 0 fully saturated rings. The smallest absolute Gasteiger partial charge is 0.264 e. The number of rotatable bonds is 3. The molecule has 0 saturated heterocycles. The van der Waals surface area contributed by atoms with Crippen molar-refractivity contribution in [3.05, 3.63) is 34.9 Å². The van der Waals surface area contributed by atoms with Gasteiger partial charge in [0.25, 0.3) is 6.43 Å². The predicted molar refractivity (Wildman–Crippen MR) is 46.2 cm³/mol. The van der Waals surface area contributed by atoms with Gasteiger partial charge in [0.1, 0.15) is 6.67 Å². The zero-order valence-corrected chi connectivity index (χ0v) is 7.56. The standard InChI is InChI=1S/C10H9F3O/c1-6(14)7-3-2-4-8(10(12)13)9(7)5-11/h2-4,10H,5H2,1H3. The molecule has 76 valence electrons. The van der Waals surface area contributed by atoms with E-state index in [4.69, 9.17) is 0 Å². The summed E-state index contributed by atoms with van der Waals surface area (Å²) in [4.78, 5) is 11.0. The fourth-order valence-electron chi connectivity index (χ4n) is 1.29. The molecule has 14 heavy (non-hydrogen) atoms. The van der Waals surface area contributed by atoms with Gasteiger partial charge in [-0.25, -0.2) is 13.2 Å². The lowest BCUT2D eigenvalue weighted by molar-refractivity contribution is 0.101. The van der Waals surface area contributed by atoms with Gasteiger partial charge in [0.05, 0.1) is 0 Å². The summed E-state index contributed by atoms with van der Waals surface area (Å²) in [5.41, 5.74) is -0.569. The molecule has 0 radical (unpaired) electrons. The van der Waals surface area contributed by atoms with Gasteiger partial charge >= 0.3 is 0 Å². The lowest BCUT2D eigenvalue weighted by Crippen LogP contribution is -2.02. The van der Waals surface area contributed by atoms with Crippen LogP contribution in [0.2, 0.25) is 0 Å². The van der Waals surface area contributed by atoms with E-state index in [1.807, 2.05) is 0 Å². The van der Waals surface area contributed by atoms with Crippen LogP contribution in [0.15, 0.2) is 18.2 Å². The normalized spacial score (nSPS) is 10.6. The van der Waals surface area contributed by atoms with E-state index in [2.05, 4.69) is 0 Å². The van der Waals surface area contributed by atoms with Crippen LogP contribution in [0.1, 0.15) is 34.8 Å². The van der Waals surface area contributed by atoms with Crippen molar-refractivity contribution in [3.63, 3.8) is 0 Å². The summed E-state index contributed by atoms with van der Waals surface area (Å²) in [5, 5.41) is 0. The van der Waals surface area contributed by atoms with E-state index in [0.717, 1.165) is 6.07 Å². The average molecular weight is 202 g/mol. The molecule has 0 aliphatic rings. The van der Waals surface area contributed by atoms with Crippen molar-refractivity contribution in [3.8, 4) is 0 Å². The highest BCUT2D eigenvalue weighted by Gasteiger charge is 2.17. The first kappa shape index (κ1) is 10.8. The first-order valence-corrected chi connectivity index (χ1v) is 4.04. The van der Waals surface area contributed by atoms with Crippen LogP contribution in [0.5, 0.6) is 0 Å². The lowest BCUT2D eigenvalue weighted by atomic mass is 10.00. The summed E-state index contributed by atoms with van der Waals surface area (Å²) in [6.45, 7) is 0.180. The van der Waals surface area contributed by atoms with Gasteiger partial charge in [-0.15, -0.1) is 0 Å². The van der Waals surface area contributed by atoms with Gasteiger partial charge in [-0.1, -0.05) is 18.2 Å². The van der Waals surface area contributed by atoms with E-state index in [1.165, 1.54) is 19.1 Å². The Kier molecular flexibility index (Phi) is 3.28. The largest absolute Gasteiger partial charge is 0.294 e. The van der Waals surface area contributed by atoms with Crippen LogP contribution in [0.3, 0.4) is 0 Å². The van der Waals surface area contributed by atoms with Crippen molar-refractivity contribution in [2.75, 3.05) is 0 Å². The van der Waals surface area contributed by atoms with Crippen LogP contribution in [0.25, 0.3) is 0 Å². The first-order valence-electron chi connectivity index (χ1n) is 4.04. The third kappa shape index (κ3) is 1.95. The lowest BCUT2D eigenvalue weighted by Gasteiger charge is -2.08. The van der Waals surface area contributed by atoms with E-state index in [0.29, 0.717) is 0 Å². The van der Waals surface area contributed by atoms with Crippen molar-refractivity contribution in [2.45, 2.75) is 20.0 Å². The second-order valence-corrected chi connectivity index (χ2v) is 2.86. The number of alkyl halides is 3. The van der Waals surface area contributed by atoms with Crippen LogP contribution < -0.4 is 0 Å². The van der Waals surface area contributed by atoms with E-state index in [1.54, 1.807) is 0 Å². The number of benzene rings is 1. The number of halogens is 3. The second-order valence-electron chi connectivity index (χ2n) is 2.86. The molecule has 1 aromatic rings. The van der Waals surface area contributed by atoms with Crippen molar-refractivity contribution >= 4 is 5.78 Å². The Morgan fingerprint density at radius 3 is 2.50 bits per heavy atom. The van der Waals surface area contributed by atoms with E-state index in [-0.39, 0.29) is 11.1 Å². The van der Waals surface area contributed by atoms with E-state index >= 15 is 0 Å². The molecule has 1 aromatic carbocycles. The Balaban J connectivity index is 3.32.